The molecule has 42 heavy (non-hydrogen) atoms. The quantitative estimate of drug-likeness (QED) is 0.317. The van der Waals surface area contributed by atoms with Gasteiger partial charge in [-0.05, 0) is 42.9 Å². The summed E-state index contributed by atoms with van der Waals surface area (Å²) in [6.45, 7) is -0.276. The third-order valence-corrected chi connectivity index (χ3v) is 8.43. The van der Waals surface area contributed by atoms with E-state index in [-0.39, 0.29) is 61.6 Å². The molecule has 2 N–H and O–H groups in total. The van der Waals surface area contributed by atoms with E-state index >= 15 is 4.39 Å². The number of alkyl halides is 3. The van der Waals surface area contributed by atoms with Gasteiger partial charge >= 0.3 is 12.5 Å². The van der Waals surface area contributed by atoms with Crippen LogP contribution in [0.2, 0.25) is 0 Å². The maximum absolute atomic E-state index is 15.3. The summed E-state index contributed by atoms with van der Waals surface area (Å²) < 4.78 is 64.5. The molecule has 6 rings (SSSR count). The fourth-order valence-corrected chi connectivity index (χ4v) is 6.28. The molecular weight excluding hydrogens is 584 g/mol. The lowest BCUT2D eigenvalue weighted by Gasteiger charge is -2.35. The van der Waals surface area contributed by atoms with Crippen molar-refractivity contribution in [1.82, 2.24) is 20.5 Å². The number of nitrogens with one attached hydrogen (secondary N) is 2. The zero-order valence-corrected chi connectivity index (χ0v) is 22.4. The van der Waals surface area contributed by atoms with Crippen LogP contribution < -0.4 is 15.4 Å². The number of hydrogen-bond donors (Lipinski definition) is 2. The molecule has 1 aromatic heterocycles. The summed E-state index contributed by atoms with van der Waals surface area (Å²) >= 11 is 1.28. The second-order valence-electron chi connectivity index (χ2n) is 10.2. The lowest BCUT2D eigenvalue weighted by molar-refractivity contribution is -0.275. The first-order chi connectivity index (χ1) is 20.0. The SMILES string of the molecule is O=C1CCC(N2Cc3ccc(CNC(=O)OC4CC(c5c(OC(F)(F)F)ccc6scnc56)C4)c(F)c3C2=O)C(=O)N1. The molecule has 0 radical (unpaired) electrons. The van der Waals surface area contributed by atoms with Crippen LogP contribution in [0.4, 0.5) is 22.4 Å². The predicted octanol–water partition coefficient (Wildman–Crippen LogP) is 4.27. The van der Waals surface area contributed by atoms with Crippen LogP contribution in [0, 0.1) is 5.82 Å². The van der Waals surface area contributed by atoms with Gasteiger partial charge in [0.25, 0.3) is 5.91 Å². The van der Waals surface area contributed by atoms with Crippen molar-refractivity contribution < 1.29 is 46.2 Å². The van der Waals surface area contributed by atoms with Gasteiger partial charge in [-0.3, -0.25) is 19.7 Å². The summed E-state index contributed by atoms with van der Waals surface area (Å²) in [6.07, 6.45) is -5.61. The van der Waals surface area contributed by atoms with Crippen molar-refractivity contribution in [2.45, 2.75) is 63.2 Å². The van der Waals surface area contributed by atoms with Gasteiger partial charge in [0.05, 0.1) is 21.3 Å². The van der Waals surface area contributed by atoms with Gasteiger partial charge < -0.3 is 19.7 Å². The number of fused-ring (bicyclic) bond motifs is 2. The summed E-state index contributed by atoms with van der Waals surface area (Å²) in [7, 11) is 0. The molecular formula is C27H22F4N4O6S. The molecule has 15 heteroatoms. The highest BCUT2D eigenvalue weighted by Gasteiger charge is 2.42. The van der Waals surface area contributed by atoms with E-state index < -0.39 is 48.1 Å². The number of nitrogens with zero attached hydrogens (tertiary/aromatic N) is 2. The van der Waals surface area contributed by atoms with E-state index in [0.717, 1.165) is 0 Å². The molecule has 3 aliphatic rings. The Morgan fingerprint density at radius 3 is 2.69 bits per heavy atom. The predicted molar refractivity (Wildman–Crippen MR) is 138 cm³/mol. The van der Waals surface area contributed by atoms with Crippen LogP contribution >= 0.6 is 11.3 Å². The lowest BCUT2D eigenvalue weighted by Crippen LogP contribution is -2.52. The third kappa shape index (κ3) is 5.24. The van der Waals surface area contributed by atoms with Crippen molar-refractivity contribution in [3.63, 3.8) is 0 Å². The molecule has 3 heterocycles. The Kier molecular flexibility index (Phi) is 6.99. The van der Waals surface area contributed by atoms with Crippen molar-refractivity contribution in [2.24, 2.45) is 0 Å². The second-order valence-corrected chi connectivity index (χ2v) is 11.1. The molecule has 1 atom stereocenters. The number of carbonyl (C=O) groups is 4. The fourth-order valence-electron chi connectivity index (χ4n) is 5.59. The number of carbonyl (C=O) groups excluding carboxylic acids is 4. The number of ether oxygens (including phenoxy) is 2. The standard InChI is InChI=1S/C27H22F4N4O6S/c28-22-12(1-2-13-10-35(25(38)21(13)22)16-3-6-19(36)34-24(16)37)9-32-26(39)40-15-7-14(8-15)20-17(41-27(29,30)31)4-5-18-23(20)33-11-42-18/h1-2,4-5,11,14-16H,3,6-10H2,(H,32,39)(H,34,36,37). The van der Waals surface area contributed by atoms with Gasteiger partial charge in [0.2, 0.25) is 11.8 Å². The van der Waals surface area contributed by atoms with Gasteiger partial charge in [0, 0.05) is 30.6 Å². The number of imide groups is 1. The van der Waals surface area contributed by atoms with E-state index in [1.165, 1.54) is 39.9 Å². The number of piperidine rings is 1. The lowest BCUT2D eigenvalue weighted by atomic mass is 9.76. The molecule has 220 valence electrons. The number of rotatable bonds is 6. The first-order valence-corrected chi connectivity index (χ1v) is 13.9. The summed E-state index contributed by atoms with van der Waals surface area (Å²) in [5.74, 6) is -3.26. The minimum Gasteiger partial charge on any atom is -0.446 e. The van der Waals surface area contributed by atoms with E-state index in [9.17, 15) is 32.3 Å². The van der Waals surface area contributed by atoms with Crippen LogP contribution in [0.15, 0.2) is 29.8 Å². The van der Waals surface area contributed by atoms with Gasteiger partial charge in [0.15, 0.2) is 0 Å². The molecule has 1 unspecified atom stereocenters. The van der Waals surface area contributed by atoms with Gasteiger partial charge in [-0.2, -0.15) is 0 Å². The van der Waals surface area contributed by atoms with E-state index in [4.69, 9.17) is 4.74 Å². The van der Waals surface area contributed by atoms with Crippen molar-refractivity contribution in [3.8, 4) is 5.75 Å². The number of benzene rings is 2. The molecule has 1 saturated carbocycles. The first-order valence-electron chi connectivity index (χ1n) is 13.0. The van der Waals surface area contributed by atoms with Crippen LogP contribution in [0.25, 0.3) is 10.2 Å². The molecule has 2 fully saturated rings. The zero-order valence-electron chi connectivity index (χ0n) is 21.6. The molecule has 10 nitrogen and oxygen atoms in total. The number of aromatic nitrogens is 1. The monoisotopic (exact) mass is 606 g/mol. The minimum atomic E-state index is -4.88. The van der Waals surface area contributed by atoms with Gasteiger partial charge in [-0.1, -0.05) is 12.1 Å². The molecule has 2 aliphatic heterocycles. The Labute approximate surface area is 239 Å². The molecule has 3 aromatic rings. The van der Waals surface area contributed by atoms with Crippen molar-refractivity contribution in [1.29, 1.82) is 0 Å². The van der Waals surface area contributed by atoms with E-state index in [1.807, 2.05) is 0 Å². The highest BCUT2D eigenvalue weighted by Crippen LogP contribution is 2.47. The van der Waals surface area contributed by atoms with Crippen LogP contribution in [-0.4, -0.2) is 52.2 Å². The van der Waals surface area contributed by atoms with Crippen molar-refractivity contribution >= 4 is 45.4 Å². The summed E-state index contributed by atoms with van der Waals surface area (Å²) in [4.78, 5) is 54.5. The first kappa shape index (κ1) is 27.9. The number of halogens is 4. The topological polar surface area (TPSA) is 127 Å². The minimum absolute atomic E-state index is 0.0142. The Hall–Kier alpha value is -4.27. The maximum Gasteiger partial charge on any atom is 0.573 e. The van der Waals surface area contributed by atoms with Gasteiger partial charge in [-0.25, -0.2) is 14.2 Å². The summed E-state index contributed by atoms with van der Waals surface area (Å²) in [6, 6.07) is 4.84. The van der Waals surface area contributed by atoms with E-state index in [0.29, 0.717) is 21.3 Å². The Morgan fingerprint density at radius 1 is 1.17 bits per heavy atom. The van der Waals surface area contributed by atoms with Crippen LogP contribution in [-0.2, 0) is 27.4 Å². The normalized spacial score (nSPS) is 22.0. The highest BCUT2D eigenvalue weighted by atomic mass is 32.1. The molecule has 2 aromatic carbocycles. The fraction of sp³-hybridized carbons (Fsp3) is 0.370. The van der Waals surface area contributed by atoms with Crippen LogP contribution in [0.1, 0.15) is 58.6 Å². The maximum atomic E-state index is 15.3. The van der Waals surface area contributed by atoms with Gasteiger partial charge in [-0.15, -0.1) is 24.5 Å². The molecule has 1 aliphatic carbocycles. The number of hydrogen-bond acceptors (Lipinski definition) is 8. The average Bonchev–Trinajstić information content (AvgIpc) is 3.50. The van der Waals surface area contributed by atoms with Crippen LogP contribution in [0.5, 0.6) is 5.75 Å². The molecule has 4 amide bonds. The van der Waals surface area contributed by atoms with E-state index in [2.05, 4.69) is 20.4 Å². The summed E-state index contributed by atoms with van der Waals surface area (Å²) in [5, 5.41) is 4.63. The van der Waals surface area contributed by atoms with Crippen LogP contribution in [0.3, 0.4) is 0 Å². The number of amides is 4. The largest absolute Gasteiger partial charge is 0.573 e. The molecule has 1 saturated heterocycles. The molecule has 0 bridgehead atoms. The van der Waals surface area contributed by atoms with Crippen molar-refractivity contribution in [2.75, 3.05) is 0 Å². The average molecular weight is 607 g/mol. The van der Waals surface area contributed by atoms with Crippen molar-refractivity contribution in [3.05, 3.63) is 57.8 Å². The highest BCUT2D eigenvalue weighted by molar-refractivity contribution is 7.16. The Balaban J connectivity index is 1.06. The number of alkyl carbamates (subject to hydrolysis) is 1. The third-order valence-electron chi connectivity index (χ3n) is 7.64. The molecule has 0 spiro atoms. The second kappa shape index (κ2) is 10.5. The summed E-state index contributed by atoms with van der Waals surface area (Å²) in [5.41, 5.74) is 2.47. The smallest absolute Gasteiger partial charge is 0.446 e. The zero-order chi connectivity index (χ0) is 29.8. The number of thiazole rings is 1. The van der Waals surface area contributed by atoms with Gasteiger partial charge in [0.1, 0.15) is 23.7 Å². The Morgan fingerprint density at radius 2 is 1.95 bits per heavy atom. The van der Waals surface area contributed by atoms with E-state index in [1.54, 1.807) is 6.07 Å². The Bertz CT molecular complexity index is 1620.